The third-order valence-electron chi connectivity index (χ3n) is 3.28. The van der Waals surface area contributed by atoms with E-state index in [1.165, 1.54) is 37.8 Å². The molecule has 0 fully saturated rings. The number of sulfone groups is 1. The second kappa shape index (κ2) is 10.1. The minimum absolute atomic E-state index is 0.133. The highest BCUT2D eigenvalue weighted by molar-refractivity contribution is 9.09. The summed E-state index contributed by atoms with van der Waals surface area (Å²) in [5.41, 5.74) is 0. The molecule has 0 aliphatic rings. The van der Waals surface area contributed by atoms with Gasteiger partial charge < -0.3 is 0 Å². The van der Waals surface area contributed by atoms with Gasteiger partial charge in [0.2, 0.25) is 0 Å². The zero-order chi connectivity index (χ0) is 15.7. The molecule has 0 saturated heterocycles. The van der Waals surface area contributed by atoms with Crippen LogP contribution in [0.3, 0.4) is 0 Å². The highest BCUT2D eigenvalue weighted by Crippen LogP contribution is 2.26. The first-order chi connectivity index (χ1) is 9.97. The van der Waals surface area contributed by atoms with Crippen LogP contribution in [-0.4, -0.2) is 19.5 Å². The molecule has 0 spiro atoms. The van der Waals surface area contributed by atoms with Gasteiger partial charge in [-0.05, 0) is 31.0 Å². The molecule has 0 aromatic heterocycles. The van der Waals surface area contributed by atoms with Gasteiger partial charge in [-0.2, -0.15) is 0 Å². The molecule has 1 aromatic carbocycles. The van der Waals surface area contributed by atoms with Crippen molar-refractivity contribution in [1.29, 1.82) is 0 Å². The van der Waals surface area contributed by atoms with Crippen molar-refractivity contribution in [3.05, 3.63) is 28.2 Å². The summed E-state index contributed by atoms with van der Waals surface area (Å²) in [7, 11) is -3.34. The van der Waals surface area contributed by atoms with E-state index in [2.05, 4.69) is 15.9 Å². The average Bonchev–Trinajstić information content (AvgIpc) is 2.44. The van der Waals surface area contributed by atoms with Crippen molar-refractivity contribution in [2.24, 2.45) is 0 Å². The Morgan fingerprint density at radius 3 is 2.10 bits per heavy atom. The highest BCUT2D eigenvalue weighted by atomic mass is 79.9. The Bertz CT molecular complexity index is 532. The summed E-state index contributed by atoms with van der Waals surface area (Å²) < 4.78 is 24.5. The summed E-state index contributed by atoms with van der Waals surface area (Å²) in [5, 5.41) is 1.70. The van der Waals surface area contributed by atoms with Gasteiger partial charge in [-0.25, -0.2) is 8.42 Å². The molecule has 0 unspecified atom stereocenters. The van der Waals surface area contributed by atoms with Crippen molar-refractivity contribution in [2.75, 3.05) is 11.1 Å². The summed E-state index contributed by atoms with van der Waals surface area (Å²) >= 11 is 15.2. The number of rotatable bonds is 10. The van der Waals surface area contributed by atoms with Gasteiger partial charge in [0, 0.05) is 10.4 Å². The molecule has 0 aliphatic carbocycles. The standard InChI is InChI=1S/C15H21BrCl2O2S/c16-10-6-4-2-1-3-5-7-11-21(19,20)15-12-13(17)8-9-14(15)18/h8-9,12H,1-7,10-11H2. The molecule has 120 valence electrons. The molecule has 0 radical (unpaired) electrons. The first-order valence-electron chi connectivity index (χ1n) is 7.21. The van der Waals surface area contributed by atoms with Gasteiger partial charge in [0.15, 0.2) is 9.84 Å². The van der Waals surface area contributed by atoms with Crippen molar-refractivity contribution >= 4 is 49.0 Å². The van der Waals surface area contributed by atoms with E-state index in [0.29, 0.717) is 11.4 Å². The maximum absolute atomic E-state index is 12.2. The third kappa shape index (κ3) is 7.36. The number of benzene rings is 1. The largest absolute Gasteiger partial charge is 0.224 e. The predicted octanol–water partition coefficient (Wildman–Crippen LogP) is 5.89. The molecular weight excluding hydrogens is 395 g/mol. The molecular formula is C15H21BrCl2O2S. The van der Waals surface area contributed by atoms with E-state index in [9.17, 15) is 8.42 Å². The lowest BCUT2D eigenvalue weighted by Gasteiger charge is -2.07. The molecule has 0 N–H and O–H groups in total. The van der Waals surface area contributed by atoms with Gasteiger partial charge in [-0.1, -0.05) is 71.2 Å². The summed E-state index contributed by atoms with van der Waals surface area (Å²) in [6.07, 6.45) is 7.53. The Labute approximate surface area is 146 Å². The van der Waals surface area contributed by atoms with Gasteiger partial charge in [-0.15, -0.1) is 0 Å². The topological polar surface area (TPSA) is 34.1 Å². The lowest BCUT2D eigenvalue weighted by Crippen LogP contribution is -2.07. The van der Waals surface area contributed by atoms with Crippen LogP contribution < -0.4 is 0 Å². The van der Waals surface area contributed by atoms with Crippen molar-refractivity contribution < 1.29 is 8.42 Å². The maximum Gasteiger partial charge on any atom is 0.179 e. The summed E-state index contributed by atoms with van der Waals surface area (Å²) in [5.74, 6) is 0.133. The highest BCUT2D eigenvalue weighted by Gasteiger charge is 2.18. The lowest BCUT2D eigenvalue weighted by atomic mass is 10.1. The van der Waals surface area contributed by atoms with Crippen molar-refractivity contribution in [2.45, 2.75) is 49.8 Å². The van der Waals surface area contributed by atoms with Crippen LogP contribution in [0.1, 0.15) is 44.9 Å². The molecule has 2 nitrogen and oxygen atoms in total. The number of halogens is 3. The fourth-order valence-electron chi connectivity index (χ4n) is 2.10. The summed E-state index contributed by atoms with van der Waals surface area (Å²) in [4.78, 5) is 0.147. The Morgan fingerprint density at radius 2 is 1.48 bits per heavy atom. The van der Waals surface area contributed by atoms with Crippen molar-refractivity contribution in [3.63, 3.8) is 0 Å². The minimum atomic E-state index is -3.34. The van der Waals surface area contributed by atoms with E-state index in [1.54, 1.807) is 6.07 Å². The Balaban J connectivity index is 2.35. The Hall–Kier alpha value is 0.230. The monoisotopic (exact) mass is 414 g/mol. The number of unbranched alkanes of at least 4 members (excludes halogenated alkanes) is 6. The normalized spacial score (nSPS) is 11.8. The van der Waals surface area contributed by atoms with Crippen molar-refractivity contribution in [1.82, 2.24) is 0 Å². The van der Waals surface area contributed by atoms with Gasteiger partial charge in [0.1, 0.15) is 0 Å². The quantitative estimate of drug-likeness (QED) is 0.352. The van der Waals surface area contributed by atoms with Crippen molar-refractivity contribution in [3.8, 4) is 0 Å². The van der Waals surface area contributed by atoms with Crippen LogP contribution in [0.5, 0.6) is 0 Å². The molecule has 0 amide bonds. The van der Waals surface area contributed by atoms with Crippen LogP contribution in [0.15, 0.2) is 23.1 Å². The van der Waals surface area contributed by atoms with Crippen LogP contribution in [0, 0.1) is 0 Å². The zero-order valence-electron chi connectivity index (χ0n) is 12.0. The minimum Gasteiger partial charge on any atom is -0.224 e. The van der Waals surface area contributed by atoms with Gasteiger partial charge in [0.25, 0.3) is 0 Å². The molecule has 0 heterocycles. The van der Waals surface area contributed by atoms with Gasteiger partial charge in [-0.3, -0.25) is 0 Å². The fraction of sp³-hybridized carbons (Fsp3) is 0.600. The van der Waals surface area contributed by atoms with E-state index >= 15 is 0 Å². The second-order valence-corrected chi connectivity index (χ2v) is 8.77. The molecule has 1 aromatic rings. The summed E-state index contributed by atoms with van der Waals surface area (Å²) in [6.45, 7) is 0. The smallest absolute Gasteiger partial charge is 0.179 e. The number of hydrogen-bond donors (Lipinski definition) is 0. The Kier molecular flexibility index (Phi) is 9.26. The molecule has 0 atom stereocenters. The Morgan fingerprint density at radius 1 is 0.905 bits per heavy atom. The van der Waals surface area contributed by atoms with E-state index in [0.717, 1.165) is 18.2 Å². The number of hydrogen-bond acceptors (Lipinski definition) is 2. The second-order valence-electron chi connectivity index (χ2n) is 5.06. The SMILES string of the molecule is O=S(=O)(CCCCCCCCCBr)c1cc(Cl)ccc1Cl. The van der Waals surface area contributed by atoms with E-state index in [1.807, 2.05) is 0 Å². The van der Waals surface area contributed by atoms with Crippen LogP contribution in [0.4, 0.5) is 0 Å². The molecule has 0 saturated carbocycles. The fourth-order valence-corrected chi connectivity index (χ4v) is 4.68. The summed E-state index contributed by atoms with van der Waals surface area (Å²) in [6, 6.07) is 4.55. The number of alkyl halides is 1. The molecule has 6 heteroatoms. The molecule has 0 aliphatic heterocycles. The zero-order valence-corrected chi connectivity index (χ0v) is 15.9. The molecule has 0 bridgehead atoms. The maximum atomic E-state index is 12.2. The third-order valence-corrected chi connectivity index (χ3v) is 6.35. The van der Waals surface area contributed by atoms with Crippen LogP contribution in [-0.2, 0) is 9.84 Å². The molecule has 21 heavy (non-hydrogen) atoms. The predicted molar refractivity (Wildman–Crippen MR) is 94.6 cm³/mol. The van der Waals surface area contributed by atoms with Crippen LogP contribution in [0.25, 0.3) is 0 Å². The van der Waals surface area contributed by atoms with Gasteiger partial charge in [0.05, 0.1) is 15.7 Å². The average molecular weight is 416 g/mol. The lowest BCUT2D eigenvalue weighted by molar-refractivity contribution is 0.579. The van der Waals surface area contributed by atoms with E-state index in [-0.39, 0.29) is 15.7 Å². The van der Waals surface area contributed by atoms with Crippen LogP contribution in [0.2, 0.25) is 10.0 Å². The van der Waals surface area contributed by atoms with E-state index < -0.39 is 9.84 Å². The first-order valence-corrected chi connectivity index (χ1v) is 10.7. The van der Waals surface area contributed by atoms with Gasteiger partial charge >= 0.3 is 0 Å². The van der Waals surface area contributed by atoms with E-state index in [4.69, 9.17) is 23.2 Å². The molecule has 1 rings (SSSR count). The van der Waals surface area contributed by atoms with Crippen LogP contribution >= 0.6 is 39.1 Å². The first kappa shape index (κ1) is 19.3.